The summed E-state index contributed by atoms with van der Waals surface area (Å²) in [4.78, 5) is 0. The fraction of sp³-hybridized carbons (Fsp3) is 0.0909. The van der Waals surface area contributed by atoms with Crippen LogP contribution in [0, 0.1) is 0 Å². The third-order valence-electron chi connectivity index (χ3n) is 32.3. The fourth-order valence-electron chi connectivity index (χ4n) is 24.7. The molecule has 0 saturated carbocycles. The SMILES string of the molecule is CC1(C)OB(c2ccc3c(c2)c2ccccc2n3-c2ccc3oc4ccccc4c3c2)OC1(C)C.CC1(C)c2cc3c4ccccc4c4ccccc4c3cc2-c2cc3c(cc21)c1cc(-c2ccc4c(c2)c2ccccc2n4-c2ccc4oc5ccccc5c4c2)ccc1n3-c1ccccc1.CC1(C)c2cc3c4ccccc4c4ccccc4c3cc2-c2cc3c(cc21)c1cc(Br)ccc1n3-c1ccccc1. The van der Waals surface area contributed by atoms with Gasteiger partial charge in [0, 0.05) is 103 Å². The summed E-state index contributed by atoms with van der Waals surface area (Å²) < 4.78 is 35.7. The molecule has 0 radical (unpaired) electrons. The Morgan fingerprint density at radius 2 is 0.486 bits per heavy atom. The average molecular weight is 1890 g/mol. The van der Waals surface area contributed by atoms with E-state index in [1.54, 1.807) is 0 Å². The van der Waals surface area contributed by atoms with Gasteiger partial charge in [-0.05, 0) is 335 Å². The van der Waals surface area contributed by atoms with Crippen molar-refractivity contribution in [1.29, 1.82) is 0 Å². The summed E-state index contributed by atoms with van der Waals surface area (Å²) in [6.45, 7) is 18.0. The predicted molar refractivity (Wildman–Crippen MR) is 600 cm³/mol. The molecule has 28 aromatic rings. The summed E-state index contributed by atoms with van der Waals surface area (Å²) in [6, 6.07) is 151. The molecule has 1 aliphatic heterocycles. The van der Waals surface area contributed by atoms with Crippen LogP contribution in [0.15, 0.2) is 426 Å². The largest absolute Gasteiger partial charge is 0.494 e. The van der Waals surface area contributed by atoms with Crippen molar-refractivity contribution in [2.24, 2.45) is 0 Å². The molecule has 3 aliphatic rings. The molecule has 8 nitrogen and oxygen atoms in total. The molecule has 142 heavy (non-hydrogen) atoms. The molecule has 0 N–H and O–H groups in total. The molecule has 1 fully saturated rings. The van der Waals surface area contributed by atoms with Crippen LogP contribution in [-0.2, 0) is 20.1 Å². The molecule has 0 amide bonds. The minimum atomic E-state index is -0.389. The number of para-hydroxylation sites is 6. The van der Waals surface area contributed by atoms with E-state index in [2.05, 4.69) is 478 Å². The topological polar surface area (TPSA) is 64.5 Å². The molecule has 0 atom stereocenters. The lowest BCUT2D eigenvalue weighted by Crippen LogP contribution is -2.41. The Bertz CT molecular complexity index is 10400. The van der Waals surface area contributed by atoms with Crippen LogP contribution in [0.2, 0.25) is 0 Å². The number of rotatable bonds is 6. The predicted octanol–water partition coefficient (Wildman–Crippen LogP) is 35.5. The van der Waals surface area contributed by atoms with E-state index in [0.717, 1.165) is 76.4 Å². The number of fused-ring (bicyclic) bond motifs is 36. The minimum Gasteiger partial charge on any atom is -0.456 e. The first-order valence-electron chi connectivity index (χ1n) is 49.3. The van der Waals surface area contributed by atoms with E-state index in [0.29, 0.717) is 0 Å². The van der Waals surface area contributed by atoms with Gasteiger partial charge >= 0.3 is 7.12 Å². The monoisotopic (exact) mass is 1890 g/mol. The zero-order chi connectivity index (χ0) is 94.8. The molecule has 0 unspecified atom stereocenters. The van der Waals surface area contributed by atoms with E-state index in [1.807, 2.05) is 24.3 Å². The van der Waals surface area contributed by atoms with Crippen LogP contribution in [0.5, 0.6) is 0 Å². The van der Waals surface area contributed by atoms with Crippen molar-refractivity contribution in [2.45, 2.75) is 77.4 Å². The molecule has 31 rings (SSSR count). The van der Waals surface area contributed by atoms with Gasteiger partial charge in [0.25, 0.3) is 0 Å². The highest BCUT2D eigenvalue weighted by atomic mass is 79.9. The van der Waals surface area contributed by atoms with Crippen molar-refractivity contribution in [2.75, 3.05) is 0 Å². The first kappa shape index (κ1) is 82.7. The molecule has 10 heteroatoms. The number of benzene rings is 22. The van der Waals surface area contributed by atoms with Crippen LogP contribution in [-0.4, -0.2) is 36.6 Å². The molecule has 674 valence electrons. The van der Waals surface area contributed by atoms with Crippen molar-refractivity contribution < 1.29 is 18.1 Å². The molecule has 22 aromatic carbocycles. The second kappa shape index (κ2) is 30.3. The van der Waals surface area contributed by atoms with E-state index in [4.69, 9.17) is 18.1 Å². The van der Waals surface area contributed by atoms with Crippen molar-refractivity contribution >= 4 is 224 Å². The number of aromatic nitrogens is 4. The van der Waals surface area contributed by atoms with Gasteiger partial charge in [0.2, 0.25) is 0 Å². The standard InChI is InChI=1S/C63H40N2O.C39H26BrN.C30H26BNO3/c1-63(2)55-34-48-44-19-9-7-17-42(44)41-16-6-8-18-43(41)47(48)33-49(55)50-36-60-53(35-56(50)63)52-31-38(25-28-59(52)64(60)39-14-4-3-5-15-39)37-24-27-58-51(30-37)45-20-10-12-22-57(45)65(58)40-26-29-62-54(32-40)46-21-11-13-23-61(46)66-62;1-39(2)35-20-30-28-15-9-7-13-26(28)25-12-6-8-14-27(25)29(30)19-31(35)32-22-38-34(21-36(32)39)33-18-23(40)16-17-37(33)41(38)24-10-4-3-5-11-24;1-29(2)30(3,4)35-31(34-29)19-13-15-26-23(17-19)21-9-5-7-11-25(21)32(26)20-14-16-28-24(18-20)22-10-6-8-12-27(22)33-28/h3-36H,1-2H3;3-22H,1-2H3;5-18H,1-4H3. The van der Waals surface area contributed by atoms with Crippen molar-refractivity contribution in [3.05, 3.63) is 439 Å². The normalized spacial score (nSPS) is 14.5. The Morgan fingerprint density at radius 1 is 0.197 bits per heavy atom. The van der Waals surface area contributed by atoms with E-state index >= 15 is 0 Å². The van der Waals surface area contributed by atoms with E-state index < -0.39 is 0 Å². The summed E-state index contributed by atoms with van der Waals surface area (Å²) >= 11 is 3.75. The second-order valence-electron chi connectivity index (χ2n) is 41.2. The summed E-state index contributed by atoms with van der Waals surface area (Å²) in [5.41, 5.74) is 31.1. The number of nitrogens with zero attached hydrogens (tertiary/aromatic N) is 4. The molecular formula is C132H92BBrN4O4. The molecule has 6 aromatic heterocycles. The zero-order valence-corrected chi connectivity index (χ0v) is 81.2. The summed E-state index contributed by atoms with van der Waals surface area (Å²) in [5, 5.41) is 30.3. The van der Waals surface area contributed by atoms with Gasteiger partial charge < -0.3 is 36.4 Å². The molecular weight excluding hydrogens is 1800 g/mol. The third-order valence-corrected chi connectivity index (χ3v) is 32.8. The minimum absolute atomic E-state index is 0.118. The van der Waals surface area contributed by atoms with Gasteiger partial charge in [0.1, 0.15) is 22.3 Å². The van der Waals surface area contributed by atoms with Gasteiger partial charge in [-0.25, -0.2) is 0 Å². The Balaban J connectivity index is 0.000000109. The number of halogens is 1. The quantitative estimate of drug-likeness (QED) is 0.123. The smallest absolute Gasteiger partial charge is 0.456 e. The van der Waals surface area contributed by atoms with Gasteiger partial charge in [-0.2, -0.15) is 0 Å². The molecule has 7 heterocycles. The van der Waals surface area contributed by atoms with Gasteiger partial charge in [-0.1, -0.05) is 274 Å². The Hall–Kier alpha value is -16.3. The number of furan rings is 2. The number of hydrogen-bond donors (Lipinski definition) is 0. The highest BCUT2D eigenvalue weighted by Crippen LogP contribution is 2.57. The van der Waals surface area contributed by atoms with E-state index in [9.17, 15) is 0 Å². The van der Waals surface area contributed by atoms with Gasteiger partial charge in [0.15, 0.2) is 0 Å². The number of hydrogen-bond acceptors (Lipinski definition) is 4. The molecule has 0 bridgehead atoms. The summed E-state index contributed by atoms with van der Waals surface area (Å²) in [5.74, 6) is 0. The van der Waals surface area contributed by atoms with Crippen molar-refractivity contribution in [3.63, 3.8) is 0 Å². The first-order valence-corrected chi connectivity index (χ1v) is 50.1. The zero-order valence-electron chi connectivity index (χ0n) is 79.6. The van der Waals surface area contributed by atoms with Crippen LogP contribution in [0.3, 0.4) is 0 Å². The van der Waals surface area contributed by atoms with E-state index in [1.165, 1.54) is 208 Å². The highest BCUT2D eigenvalue weighted by Gasteiger charge is 2.52. The molecule has 2 aliphatic carbocycles. The van der Waals surface area contributed by atoms with E-state index in [-0.39, 0.29) is 29.2 Å². The third kappa shape index (κ3) is 12.1. The van der Waals surface area contributed by atoms with Crippen molar-refractivity contribution in [1.82, 2.24) is 18.3 Å². The van der Waals surface area contributed by atoms with Crippen LogP contribution >= 0.6 is 15.9 Å². The van der Waals surface area contributed by atoms with Gasteiger partial charge in [0.05, 0.1) is 55.3 Å². The van der Waals surface area contributed by atoms with Crippen LogP contribution < -0.4 is 5.46 Å². The van der Waals surface area contributed by atoms with Crippen LogP contribution in [0.25, 0.3) is 252 Å². The van der Waals surface area contributed by atoms with Crippen LogP contribution in [0.1, 0.15) is 77.6 Å². The molecule has 1 saturated heterocycles. The average Bonchev–Trinajstić information content (AvgIpc) is 1.53. The Kier molecular flexibility index (Phi) is 17.7. The highest BCUT2D eigenvalue weighted by molar-refractivity contribution is 9.10. The Morgan fingerprint density at radius 3 is 0.901 bits per heavy atom. The second-order valence-corrected chi connectivity index (χ2v) is 42.2. The lowest BCUT2D eigenvalue weighted by atomic mass is 9.78. The fourth-order valence-corrected chi connectivity index (χ4v) is 25.0. The Labute approximate surface area is 827 Å². The lowest BCUT2D eigenvalue weighted by Gasteiger charge is -2.32. The maximum absolute atomic E-state index is 6.34. The van der Waals surface area contributed by atoms with Crippen molar-refractivity contribution in [3.8, 4) is 56.1 Å². The summed E-state index contributed by atoms with van der Waals surface area (Å²) in [7, 11) is -0.389. The van der Waals surface area contributed by atoms with Gasteiger partial charge in [-0.15, -0.1) is 0 Å². The maximum Gasteiger partial charge on any atom is 0.494 e. The summed E-state index contributed by atoms with van der Waals surface area (Å²) in [6.07, 6.45) is 0. The van der Waals surface area contributed by atoms with Crippen LogP contribution in [0.4, 0.5) is 0 Å². The maximum atomic E-state index is 6.34. The molecule has 0 spiro atoms. The van der Waals surface area contributed by atoms with Gasteiger partial charge in [-0.3, -0.25) is 0 Å². The lowest BCUT2D eigenvalue weighted by molar-refractivity contribution is 0.00578. The first-order chi connectivity index (χ1) is 69.3.